The number of carbonyl (C=O) groups excluding carboxylic acids is 1. The van der Waals surface area contributed by atoms with E-state index in [0.717, 1.165) is 0 Å². The van der Waals surface area contributed by atoms with Gasteiger partial charge in [0.25, 0.3) is 0 Å². The molecule has 1 fully saturated rings. The highest BCUT2D eigenvalue weighted by Crippen LogP contribution is 2.32. The molecule has 0 amide bonds. The van der Waals surface area contributed by atoms with Crippen LogP contribution in [0.2, 0.25) is 0 Å². The molecular formula is C16H21NO3S. The molecule has 2 aliphatic rings. The molecule has 114 valence electrons. The van der Waals surface area contributed by atoms with Gasteiger partial charge in [-0.05, 0) is 5.92 Å². The molecular weight excluding hydrogens is 286 g/mol. The second-order valence-electron chi connectivity index (χ2n) is 5.74. The molecule has 0 bridgehead atoms. The molecule has 2 rings (SSSR count). The average molecular weight is 307 g/mol. The summed E-state index contributed by atoms with van der Waals surface area (Å²) < 4.78 is 25.0. The number of sulfone groups is 1. The van der Waals surface area contributed by atoms with Crippen LogP contribution in [0, 0.1) is 17.8 Å². The van der Waals surface area contributed by atoms with Gasteiger partial charge >= 0.3 is 0 Å². The first-order chi connectivity index (χ1) is 9.88. The van der Waals surface area contributed by atoms with Gasteiger partial charge in [0, 0.05) is 11.8 Å². The van der Waals surface area contributed by atoms with Crippen molar-refractivity contribution in [1.82, 2.24) is 0 Å². The fraction of sp³-hybridized carbons (Fsp3) is 0.500. The van der Waals surface area contributed by atoms with Crippen molar-refractivity contribution in [2.45, 2.75) is 19.1 Å². The van der Waals surface area contributed by atoms with Gasteiger partial charge in [0.15, 0.2) is 15.6 Å². The number of hydrogen-bond donors (Lipinski definition) is 0. The Balaban J connectivity index is 2.42. The normalized spacial score (nSPS) is 36.9. The zero-order valence-electron chi connectivity index (χ0n) is 12.4. The maximum absolute atomic E-state index is 12.7. The number of carbonyl (C=O) groups is 1. The molecule has 0 aromatic heterocycles. The van der Waals surface area contributed by atoms with Crippen LogP contribution in [0.3, 0.4) is 0 Å². The summed E-state index contributed by atoms with van der Waals surface area (Å²) in [6, 6.07) is 0. The molecule has 5 heteroatoms. The zero-order chi connectivity index (χ0) is 15.6. The molecule has 0 aromatic carbocycles. The van der Waals surface area contributed by atoms with Crippen LogP contribution < -0.4 is 0 Å². The monoisotopic (exact) mass is 307 g/mol. The van der Waals surface area contributed by atoms with E-state index >= 15 is 0 Å². The van der Waals surface area contributed by atoms with Crippen LogP contribution in [0.25, 0.3) is 0 Å². The average Bonchev–Trinajstić information content (AvgIpc) is 2.39. The van der Waals surface area contributed by atoms with Crippen molar-refractivity contribution < 1.29 is 13.2 Å². The van der Waals surface area contributed by atoms with E-state index in [1.165, 1.54) is 0 Å². The van der Waals surface area contributed by atoms with E-state index in [9.17, 15) is 13.2 Å². The Morgan fingerprint density at radius 3 is 2.62 bits per heavy atom. The molecule has 0 saturated carbocycles. The van der Waals surface area contributed by atoms with Crippen LogP contribution in [-0.2, 0) is 14.6 Å². The van der Waals surface area contributed by atoms with E-state index in [1.807, 2.05) is 31.2 Å². The summed E-state index contributed by atoms with van der Waals surface area (Å²) in [4.78, 5) is 16.9. The van der Waals surface area contributed by atoms with Crippen LogP contribution >= 0.6 is 0 Å². The number of Topliss-reactive ketones (excluding diaryl/α,β-unsaturated/α-hetero) is 1. The molecule has 1 heterocycles. The molecule has 21 heavy (non-hydrogen) atoms. The molecule has 4 atom stereocenters. The Morgan fingerprint density at radius 1 is 1.33 bits per heavy atom. The minimum Gasteiger partial charge on any atom is -0.291 e. The van der Waals surface area contributed by atoms with E-state index in [2.05, 4.69) is 11.6 Å². The van der Waals surface area contributed by atoms with Gasteiger partial charge in [-0.3, -0.25) is 9.79 Å². The molecule has 1 aliphatic heterocycles. The maximum atomic E-state index is 12.7. The summed E-state index contributed by atoms with van der Waals surface area (Å²) in [6.45, 7) is 7.61. The van der Waals surface area contributed by atoms with Crippen molar-refractivity contribution in [3.05, 3.63) is 37.0 Å². The minimum absolute atomic E-state index is 0.0137. The number of allylic oxidation sites excluding steroid dienone is 4. The highest BCUT2D eigenvalue weighted by atomic mass is 32.2. The van der Waals surface area contributed by atoms with E-state index in [0.29, 0.717) is 12.3 Å². The SMILES string of the molecule is C=CCN=C1C(=O)C(C2C=CC=CC2C)S(=O)(=O)CC1C. The van der Waals surface area contributed by atoms with Gasteiger partial charge in [-0.25, -0.2) is 8.42 Å². The summed E-state index contributed by atoms with van der Waals surface area (Å²) in [6.07, 6.45) is 9.07. The Kier molecular flexibility index (Phi) is 4.61. The second kappa shape index (κ2) is 6.10. The van der Waals surface area contributed by atoms with Gasteiger partial charge in [-0.1, -0.05) is 44.2 Å². The van der Waals surface area contributed by atoms with Crippen molar-refractivity contribution in [2.24, 2.45) is 22.7 Å². The van der Waals surface area contributed by atoms with Crippen LogP contribution in [-0.4, -0.2) is 37.5 Å². The lowest BCUT2D eigenvalue weighted by atomic mass is 9.83. The molecule has 4 nitrogen and oxygen atoms in total. The van der Waals surface area contributed by atoms with Gasteiger partial charge in [0.2, 0.25) is 0 Å². The van der Waals surface area contributed by atoms with E-state index in [-0.39, 0.29) is 29.3 Å². The van der Waals surface area contributed by atoms with Crippen molar-refractivity contribution in [3.63, 3.8) is 0 Å². The number of nitrogens with zero attached hydrogens (tertiary/aromatic N) is 1. The number of aliphatic imine (C=N–C) groups is 1. The molecule has 0 spiro atoms. The van der Waals surface area contributed by atoms with Crippen LogP contribution in [0.1, 0.15) is 13.8 Å². The largest absolute Gasteiger partial charge is 0.291 e. The Labute approximate surface area is 126 Å². The van der Waals surface area contributed by atoms with Gasteiger partial charge in [-0.2, -0.15) is 0 Å². The molecule has 1 saturated heterocycles. The zero-order valence-corrected chi connectivity index (χ0v) is 13.2. The first-order valence-corrected chi connectivity index (χ1v) is 8.86. The highest BCUT2D eigenvalue weighted by molar-refractivity contribution is 7.93. The van der Waals surface area contributed by atoms with Crippen LogP contribution in [0.15, 0.2) is 42.0 Å². The summed E-state index contributed by atoms with van der Waals surface area (Å²) in [5.74, 6) is -0.994. The number of ketones is 1. The van der Waals surface area contributed by atoms with Crippen LogP contribution in [0.5, 0.6) is 0 Å². The van der Waals surface area contributed by atoms with Gasteiger partial charge < -0.3 is 0 Å². The standard InChI is InChI=1S/C16H21NO3S/c1-4-9-17-14-12(3)10-21(19,20)16(15(14)18)13-8-6-5-7-11(13)2/h4-8,11-13,16H,1,9-10H2,2-3H3. The molecule has 0 radical (unpaired) electrons. The predicted octanol–water partition coefficient (Wildman–Crippen LogP) is 1.99. The van der Waals surface area contributed by atoms with Crippen LogP contribution in [0.4, 0.5) is 0 Å². The summed E-state index contributed by atoms with van der Waals surface area (Å²) >= 11 is 0. The Morgan fingerprint density at radius 2 is 2.00 bits per heavy atom. The lowest BCUT2D eigenvalue weighted by Crippen LogP contribution is -2.51. The third-order valence-corrected chi connectivity index (χ3v) is 6.32. The fourth-order valence-corrected chi connectivity index (χ4v) is 5.33. The van der Waals surface area contributed by atoms with E-state index < -0.39 is 15.1 Å². The number of rotatable bonds is 3. The molecule has 0 aromatic rings. The van der Waals surface area contributed by atoms with Crippen molar-refractivity contribution >= 4 is 21.3 Å². The molecule has 0 N–H and O–H groups in total. The van der Waals surface area contributed by atoms with Crippen molar-refractivity contribution in [1.29, 1.82) is 0 Å². The minimum atomic E-state index is -3.45. The topological polar surface area (TPSA) is 63.6 Å². The van der Waals surface area contributed by atoms with Gasteiger partial charge in [0.1, 0.15) is 5.25 Å². The predicted molar refractivity (Wildman–Crippen MR) is 85.2 cm³/mol. The lowest BCUT2D eigenvalue weighted by molar-refractivity contribution is -0.113. The third-order valence-electron chi connectivity index (χ3n) is 4.05. The smallest absolute Gasteiger partial charge is 0.195 e. The Bertz CT molecular complexity index is 628. The third kappa shape index (κ3) is 3.07. The summed E-state index contributed by atoms with van der Waals surface area (Å²) in [5.41, 5.74) is 0.393. The van der Waals surface area contributed by atoms with E-state index in [4.69, 9.17) is 0 Å². The van der Waals surface area contributed by atoms with Gasteiger partial charge in [-0.15, -0.1) is 6.58 Å². The fourth-order valence-electron chi connectivity index (χ4n) is 3.01. The first-order valence-electron chi connectivity index (χ1n) is 7.14. The maximum Gasteiger partial charge on any atom is 0.195 e. The second-order valence-corrected chi connectivity index (χ2v) is 7.90. The van der Waals surface area contributed by atoms with Crippen molar-refractivity contribution in [2.75, 3.05) is 12.3 Å². The highest BCUT2D eigenvalue weighted by Gasteiger charge is 2.47. The first kappa shape index (κ1) is 15.9. The summed E-state index contributed by atoms with van der Waals surface area (Å²) in [7, 11) is -3.45. The summed E-state index contributed by atoms with van der Waals surface area (Å²) in [5, 5.41) is -1.01. The lowest BCUT2D eigenvalue weighted by Gasteiger charge is -2.33. The van der Waals surface area contributed by atoms with E-state index in [1.54, 1.807) is 13.0 Å². The Hall–Kier alpha value is -1.49. The quantitative estimate of drug-likeness (QED) is 0.749. The van der Waals surface area contributed by atoms with Crippen molar-refractivity contribution in [3.8, 4) is 0 Å². The van der Waals surface area contributed by atoms with Gasteiger partial charge in [0.05, 0.1) is 18.0 Å². The number of hydrogen-bond acceptors (Lipinski definition) is 4. The molecule has 4 unspecified atom stereocenters. The molecule has 1 aliphatic carbocycles.